The Bertz CT molecular complexity index is 573. The summed E-state index contributed by atoms with van der Waals surface area (Å²) in [5, 5.41) is 3.54. The molecule has 2 aromatic rings. The molecule has 0 spiro atoms. The Kier molecular flexibility index (Phi) is 4.73. The quantitative estimate of drug-likeness (QED) is 0.893. The normalized spacial score (nSPS) is 13.2. The van der Waals surface area contributed by atoms with Crippen LogP contribution in [-0.4, -0.2) is 11.5 Å². The van der Waals surface area contributed by atoms with Crippen LogP contribution < -0.4 is 5.32 Å². The van der Waals surface area contributed by atoms with E-state index in [0.717, 1.165) is 23.4 Å². The van der Waals surface area contributed by atoms with Gasteiger partial charge < -0.3 is 5.32 Å². The zero-order chi connectivity index (χ0) is 15.5. The highest BCUT2D eigenvalue weighted by atomic mass is 19.1. The lowest BCUT2D eigenvalue weighted by Gasteiger charge is -2.36. The Hall–Kier alpha value is -1.74. The van der Waals surface area contributed by atoms with E-state index < -0.39 is 0 Å². The number of hydrogen-bond acceptors (Lipinski definition) is 2. The molecule has 1 N–H and O–H groups in total. The molecule has 0 saturated carbocycles. The van der Waals surface area contributed by atoms with E-state index in [1.807, 2.05) is 31.3 Å². The van der Waals surface area contributed by atoms with Crippen molar-refractivity contribution in [2.75, 3.05) is 6.54 Å². The van der Waals surface area contributed by atoms with Gasteiger partial charge in [-0.15, -0.1) is 0 Å². The maximum atomic E-state index is 13.2. The molecule has 112 valence electrons. The average molecular weight is 286 g/mol. The van der Waals surface area contributed by atoms with Gasteiger partial charge in [-0.25, -0.2) is 4.39 Å². The van der Waals surface area contributed by atoms with Gasteiger partial charge in [0.05, 0.1) is 0 Å². The number of nitrogens with zero attached hydrogens (tertiary/aromatic N) is 1. The predicted octanol–water partition coefficient (Wildman–Crippen LogP) is 4.16. The second-order valence-electron chi connectivity index (χ2n) is 5.95. The summed E-state index contributed by atoms with van der Waals surface area (Å²) >= 11 is 0. The molecule has 0 radical (unpaired) electrons. The molecular formula is C18H23FN2. The van der Waals surface area contributed by atoms with Crippen molar-refractivity contribution < 1.29 is 4.39 Å². The number of aromatic nitrogens is 1. The minimum absolute atomic E-state index is 0.126. The summed E-state index contributed by atoms with van der Waals surface area (Å²) < 4.78 is 13.2. The number of nitrogens with one attached hydrogen (secondary N) is 1. The lowest BCUT2D eigenvalue weighted by Crippen LogP contribution is -2.37. The molecule has 0 fully saturated rings. The summed E-state index contributed by atoms with van der Waals surface area (Å²) in [4.78, 5) is 4.40. The average Bonchev–Trinajstić information content (AvgIpc) is 2.46. The van der Waals surface area contributed by atoms with Gasteiger partial charge in [-0.1, -0.05) is 39.0 Å². The topological polar surface area (TPSA) is 24.9 Å². The molecule has 1 unspecified atom stereocenters. The first-order valence-corrected chi connectivity index (χ1v) is 7.37. The summed E-state index contributed by atoms with van der Waals surface area (Å²) in [5.41, 5.74) is 3.10. The van der Waals surface area contributed by atoms with Crippen LogP contribution in [0.5, 0.6) is 0 Å². The number of benzene rings is 1. The maximum Gasteiger partial charge on any atom is 0.123 e. The van der Waals surface area contributed by atoms with Crippen molar-refractivity contribution in [2.24, 2.45) is 0 Å². The number of rotatable bonds is 5. The first-order chi connectivity index (χ1) is 9.95. The minimum Gasteiger partial charge on any atom is -0.309 e. The maximum absolute atomic E-state index is 13.2. The number of aryl methyl sites for hydroxylation is 1. The van der Waals surface area contributed by atoms with E-state index in [0.29, 0.717) is 0 Å². The third-order valence-electron chi connectivity index (χ3n) is 3.99. The standard InChI is InChI=1S/C18H23FN2/c1-5-20-17(14-7-6-13(2)21-12-14)18(3,4)15-8-10-16(19)11-9-15/h6-12,17,20H,5H2,1-4H3. The van der Waals surface area contributed by atoms with Gasteiger partial charge in [-0.2, -0.15) is 0 Å². The molecule has 0 amide bonds. The zero-order valence-electron chi connectivity index (χ0n) is 13.2. The van der Waals surface area contributed by atoms with Gasteiger partial charge >= 0.3 is 0 Å². The zero-order valence-corrected chi connectivity index (χ0v) is 13.2. The highest BCUT2D eigenvalue weighted by Gasteiger charge is 2.32. The highest BCUT2D eigenvalue weighted by molar-refractivity contribution is 5.31. The molecule has 2 nitrogen and oxygen atoms in total. The van der Waals surface area contributed by atoms with Crippen molar-refractivity contribution in [1.82, 2.24) is 10.3 Å². The van der Waals surface area contributed by atoms with E-state index in [1.54, 1.807) is 0 Å². The van der Waals surface area contributed by atoms with E-state index >= 15 is 0 Å². The fourth-order valence-corrected chi connectivity index (χ4v) is 2.69. The van der Waals surface area contributed by atoms with Crippen molar-refractivity contribution in [1.29, 1.82) is 0 Å². The van der Waals surface area contributed by atoms with Crippen LogP contribution in [0, 0.1) is 12.7 Å². The molecule has 3 heteroatoms. The monoisotopic (exact) mass is 286 g/mol. The van der Waals surface area contributed by atoms with Crippen molar-refractivity contribution in [2.45, 2.75) is 39.2 Å². The van der Waals surface area contributed by atoms with Crippen LogP contribution >= 0.6 is 0 Å². The van der Waals surface area contributed by atoms with Crippen LogP contribution in [0.15, 0.2) is 42.6 Å². The summed E-state index contributed by atoms with van der Waals surface area (Å²) in [6, 6.07) is 11.0. The fraction of sp³-hybridized carbons (Fsp3) is 0.389. The summed E-state index contributed by atoms with van der Waals surface area (Å²) in [6.07, 6.45) is 1.92. The molecule has 2 rings (SSSR count). The van der Waals surface area contributed by atoms with E-state index in [9.17, 15) is 4.39 Å². The van der Waals surface area contributed by atoms with Crippen LogP contribution in [-0.2, 0) is 5.41 Å². The van der Waals surface area contributed by atoms with E-state index in [1.165, 1.54) is 12.1 Å². The molecule has 0 aliphatic carbocycles. The third-order valence-corrected chi connectivity index (χ3v) is 3.99. The fourth-order valence-electron chi connectivity index (χ4n) is 2.69. The Morgan fingerprint density at radius 1 is 1.14 bits per heavy atom. The van der Waals surface area contributed by atoms with Crippen LogP contribution in [0.3, 0.4) is 0 Å². The summed E-state index contributed by atoms with van der Waals surface area (Å²) in [7, 11) is 0. The van der Waals surface area contributed by atoms with Crippen molar-refractivity contribution >= 4 is 0 Å². The Morgan fingerprint density at radius 3 is 2.33 bits per heavy atom. The number of hydrogen-bond donors (Lipinski definition) is 1. The molecule has 1 aromatic carbocycles. The molecule has 0 bridgehead atoms. The van der Waals surface area contributed by atoms with Crippen molar-refractivity contribution in [3.8, 4) is 0 Å². The molecule has 21 heavy (non-hydrogen) atoms. The molecule has 1 aromatic heterocycles. The van der Waals surface area contributed by atoms with Crippen molar-refractivity contribution in [3.05, 3.63) is 65.2 Å². The Balaban J connectivity index is 2.39. The number of likely N-dealkylation sites (N-methyl/N-ethyl adjacent to an activating group) is 1. The van der Waals surface area contributed by atoms with Crippen molar-refractivity contribution in [3.63, 3.8) is 0 Å². The van der Waals surface area contributed by atoms with Crippen LogP contribution in [0.25, 0.3) is 0 Å². The SMILES string of the molecule is CCNC(c1ccc(C)nc1)C(C)(C)c1ccc(F)cc1. The first-order valence-electron chi connectivity index (χ1n) is 7.37. The van der Waals surface area contributed by atoms with Gasteiger partial charge in [-0.05, 0) is 42.8 Å². The van der Waals surface area contributed by atoms with Crippen LogP contribution in [0.2, 0.25) is 0 Å². The number of pyridine rings is 1. The van der Waals surface area contributed by atoms with Gasteiger partial charge in [0.25, 0.3) is 0 Å². The Morgan fingerprint density at radius 2 is 1.81 bits per heavy atom. The molecule has 0 aliphatic rings. The van der Waals surface area contributed by atoms with Gasteiger partial charge in [0, 0.05) is 23.3 Å². The smallest absolute Gasteiger partial charge is 0.123 e. The minimum atomic E-state index is -0.202. The highest BCUT2D eigenvalue weighted by Crippen LogP contribution is 2.36. The van der Waals surface area contributed by atoms with Gasteiger partial charge in [0.1, 0.15) is 5.82 Å². The van der Waals surface area contributed by atoms with Crippen LogP contribution in [0.4, 0.5) is 4.39 Å². The predicted molar refractivity (Wildman–Crippen MR) is 84.8 cm³/mol. The van der Waals surface area contributed by atoms with E-state index in [-0.39, 0.29) is 17.3 Å². The summed E-state index contributed by atoms with van der Waals surface area (Å²) in [5.74, 6) is -0.202. The van der Waals surface area contributed by atoms with Gasteiger partial charge in [-0.3, -0.25) is 4.98 Å². The molecule has 1 atom stereocenters. The lowest BCUT2D eigenvalue weighted by molar-refractivity contribution is 0.353. The second-order valence-corrected chi connectivity index (χ2v) is 5.95. The number of halogens is 1. The first kappa shape index (κ1) is 15.6. The lowest BCUT2D eigenvalue weighted by atomic mass is 9.75. The molecular weight excluding hydrogens is 263 g/mol. The molecule has 0 aliphatic heterocycles. The Labute approximate surface area is 126 Å². The van der Waals surface area contributed by atoms with Gasteiger partial charge in [0.2, 0.25) is 0 Å². The van der Waals surface area contributed by atoms with Gasteiger partial charge in [0.15, 0.2) is 0 Å². The molecule has 1 heterocycles. The molecule has 0 saturated heterocycles. The van der Waals surface area contributed by atoms with Crippen LogP contribution in [0.1, 0.15) is 43.6 Å². The second kappa shape index (κ2) is 6.35. The van der Waals surface area contributed by atoms with E-state index in [2.05, 4.69) is 37.1 Å². The largest absolute Gasteiger partial charge is 0.309 e. The summed E-state index contributed by atoms with van der Waals surface area (Å²) in [6.45, 7) is 9.29. The third kappa shape index (κ3) is 3.48. The van der Waals surface area contributed by atoms with E-state index in [4.69, 9.17) is 0 Å².